The average molecular weight is 420 g/mol. The van der Waals surface area contributed by atoms with Crippen molar-refractivity contribution in [2.75, 3.05) is 19.0 Å². The lowest BCUT2D eigenvalue weighted by molar-refractivity contribution is -0.118. The summed E-state index contributed by atoms with van der Waals surface area (Å²) in [5.41, 5.74) is 3.77. The van der Waals surface area contributed by atoms with Crippen molar-refractivity contribution in [3.05, 3.63) is 59.7 Å². The molecule has 4 aromatic rings. The van der Waals surface area contributed by atoms with Crippen molar-refractivity contribution in [2.45, 2.75) is 18.6 Å². The van der Waals surface area contributed by atoms with Crippen LogP contribution < -0.4 is 14.8 Å². The predicted molar refractivity (Wildman–Crippen MR) is 115 cm³/mol. The molecule has 0 fully saturated rings. The second-order valence-electron chi connectivity index (χ2n) is 7.07. The number of carbonyl (C=O) groups is 1. The number of ether oxygens (including phenoxy) is 2. The molecule has 1 amide bonds. The molecular formula is C22H20N4O3S. The molecule has 2 aromatic carbocycles. The number of hydrogen-bond donors (Lipinski definition) is 1. The van der Waals surface area contributed by atoms with Gasteiger partial charge in [0.05, 0.1) is 11.3 Å². The Bertz CT molecular complexity index is 1240. The third-order valence-electron chi connectivity index (χ3n) is 4.96. The van der Waals surface area contributed by atoms with Crippen molar-refractivity contribution >= 4 is 34.2 Å². The Morgan fingerprint density at radius 1 is 1.10 bits per heavy atom. The topological polar surface area (TPSA) is 77.8 Å². The van der Waals surface area contributed by atoms with Gasteiger partial charge >= 0.3 is 0 Å². The Balaban J connectivity index is 1.41. The lowest BCUT2D eigenvalue weighted by Gasteiger charge is -2.19. The van der Waals surface area contributed by atoms with Gasteiger partial charge in [-0.05, 0) is 30.2 Å². The van der Waals surface area contributed by atoms with Gasteiger partial charge in [0.1, 0.15) is 13.2 Å². The number of benzene rings is 2. The van der Waals surface area contributed by atoms with Crippen LogP contribution in [0.1, 0.15) is 11.1 Å². The number of amides is 1. The van der Waals surface area contributed by atoms with Crippen molar-refractivity contribution in [1.29, 1.82) is 0 Å². The highest BCUT2D eigenvalue weighted by Gasteiger charge is 2.18. The lowest BCUT2D eigenvalue weighted by Crippen LogP contribution is -2.24. The van der Waals surface area contributed by atoms with E-state index in [-0.39, 0.29) is 11.7 Å². The molecule has 0 saturated heterocycles. The molecule has 3 heterocycles. The summed E-state index contributed by atoms with van der Waals surface area (Å²) in [5.74, 6) is 1.67. The van der Waals surface area contributed by atoms with E-state index in [9.17, 15) is 4.79 Å². The minimum atomic E-state index is -0.0494. The minimum Gasteiger partial charge on any atom is -0.486 e. The number of rotatable bonds is 5. The highest BCUT2D eigenvalue weighted by Crippen LogP contribution is 2.36. The smallest absolute Gasteiger partial charge is 0.230 e. The van der Waals surface area contributed by atoms with Gasteiger partial charge in [-0.25, -0.2) is 0 Å². The molecule has 0 bridgehead atoms. The fourth-order valence-corrected chi connectivity index (χ4v) is 4.29. The van der Waals surface area contributed by atoms with Crippen LogP contribution in [0.4, 0.5) is 0 Å². The van der Waals surface area contributed by atoms with Crippen molar-refractivity contribution < 1.29 is 14.3 Å². The van der Waals surface area contributed by atoms with E-state index in [1.54, 1.807) is 0 Å². The fraction of sp³-hybridized carbons (Fsp3) is 0.227. The zero-order valence-electron chi connectivity index (χ0n) is 16.4. The number of thioether (sulfide) groups is 1. The van der Waals surface area contributed by atoms with Gasteiger partial charge in [-0.2, -0.15) is 0 Å². The van der Waals surface area contributed by atoms with Crippen LogP contribution in [0.3, 0.4) is 0 Å². The van der Waals surface area contributed by atoms with E-state index in [2.05, 4.69) is 21.6 Å². The van der Waals surface area contributed by atoms with E-state index in [0.29, 0.717) is 30.7 Å². The number of carbonyl (C=O) groups excluding carboxylic acids is 1. The molecule has 30 heavy (non-hydrogen) atoms. The summed E-state index contributed by atoms with van der Waals surface area (Å²) in [7, 11) is 0. The molecule has 1 aliphatic rings. The highest BCUT2D eigenvalue weighted by molar-refractivity contribution is 7.99. The van der Waals surface area contributed by atoms with Crippen molar-refractivity contribution in [1.82, 2.24) is 19.9 Å². The second-order valence-corrected chi connectivity index (χ2v) is 8.02. The monoisotopic (exact) mass is 420 g/mol. The molecule has 2 aromatic heterocycles. The molecule has 0 unspecified atom stereocenters. The molecule has 152 valence electrons. The van der Waals surface area contributed by atoms with Crippen LogP contribution in [0.2, 0.25) is 0 Å². The average Bonchev–Trinajstić information content (AvgIpc) is 3.21. The van der Waals surface area contributed by atoms with Crippen LogP contribution in [-0.2, 0) is 11.3 Å². The van der Waals surface area contributed by atoms with Crippen LogP contribution in [-0.4, -0.2) is 39.5 Å². The Morgan fingerprint density at radius 3 is 2.67 bits per heavy atom. The van der Waals surface area contributed by atoms with E-state index in [0.717, 1.165) is 33.4 Å². The van der Waals surface area contributed by atoms with Crippen LogP contribution in [0, 0.1) is 6.92 Å². The number of nitrogens with one attached hydrogen (secondary N) is 1. The molecule has 1 aliphatic heterocycles. The summed E-state index contributed by atoms with van der Waals surface area (Å²) >= 11 is 1.37. The molecular weight excluding hydrogens is 400 g/mol. The van der Waals surface area contributed by atoms with E-state index in [1.807, 2.05) is 53.8 Å². The predicted octanol–water partition coefficient (Wildman–Crippen LogP) is 3.37. The summed E-state index contributed by atoms with van der Waals surface area (Å²) in [6, 6.07) is 15.9. The summed E-state index contributed by atoms with van der Waals surface area (Å²) in [6.45, 7) is 3.58. The summed E-state index contributed by atoms with van der Waals surface area (Å²) in [5, 5.41) is 13.3. The fourth-order valence-electron chi connectivity index (χ4n) is 3.51. The normalized spacial score (nSPS) is 13.0. The van der Waals surface area contributed by atoms with Gasteiger partial charge in [-0.15, -0.1) is 10.2 Å². The first-order valence-corrected chi connectivity index (χ1v) is 10.7. The molecule has 0 radical (unpaired) electrons. The molecule has 5 rings (SSSR count). The zero-order valence-corrected chi connectivity index (χ0v) is 17.2. The molecule has 7 nitrogen and oxygen atoms in total. The quantitative estimate of drug-likeness (QED) is 0.499. The first-order chi connectivity index (χ1) is 14.7. The van der Waals surface area contributed by atoms with Crippen LogP contribution in [0.15, 0.2) is 53.7 Å². The number of pyridine rings is 1. The maximum Gasteiger partial charge on any atom is 0.230 e. The first kappa shape index (κ1) is 18.7. The van der Waals surface area contributed by atoms with Crippen LogP contribution in [0.25, 0.3) is 16.6 Å². The number of fused-ring (bicyclic) bond motifs is 4. The minimum absolute atomic E-state index is 0.0494. The summed E-state index contributed by atoms with van der Waals surface area (Å²) in [6.07, 6.45) is 0. The van der Waals surface area contributed by atoms with Crippen molar-refractivity contribution in [2.24, 2.45) is 0 Å². The maximum atomic E-state index is 12.3. The SMILES string of the molecule is Cc1cc2cc3c(cc2n2c(SCC(=O)NCc4ccccc4)nnc12)OCCO3. The zero-order chi connectivity index (χ0) is 20.5. The number of hydrogen-bond acceptors (Lipinski definition) is 6. The van der Waals surface area contributed by atoms with Gasteiger partial charge in [0.25, 0.3) is 0 Å². The van der Waals surface area contributed by atoms with Gasteiger partial charge < -0.3 is 14.8 Å². The Kier molecular flexibility index (Phi) is 4.92. The second kappa shape index (κ2) is 7.87. The van der Waals surface area contributed by atoms with Crippen molar-refractivity contribution in [3.63, 3.8) is 0 Å². The Labute approximate surface area is 177 Å². The van der Waals surface area contributed by atoms with Crippen LogP contribution in [0.5, 0.6) is 11.5 Å². The number of aromatic nitrogens is 3. The van der Waals surface area contributed by atoms with Gasteiger partial charge in [0.15, 0.2) is 22.3 Å². The van der Waals surface area contributed by atoms with E-state index in [1.165, 1.54) is 11.8 Å². The van der Waals surface area contributed by atoms with Crippen molar-refractivity contribution in [3.8, 4) is 11.5 Å². The van der Waals surface area contributed by atoms with E-state index in [4.69, 9.17) is 9.47 Å². The third kappa shape index (κ3) is 3.54. The van der Waals surface area contributed by atoms with Gasteiger partial charge in [-0.1, -0.05) is 42.1 Å². The molecule has 0 atom stereocenters. The number of aryl methyl sites for hydroxylation is 1. The van der Waals surface area contributed by atoms with Crippen LogP contribution >= 0.6 is 11.8 Å². The van der Waals surface area contributed by atoms with Gasteiger partial charge in [0, 0.05) is 18.0 Å². The molecule has 0 aliphatic carbocycles. The molecule has 8 heteroatoms. The van der Waals surface area contributed by atoms with E-state index >= 15 is 0 Å². The largest absolute Gasteiger partial charge is 0.486 e. The highest BCUT2D eigenvalue weighted by atomic mass is 32.2. The lowest BCUT2D eigenvalue weighted by atomic mass is 10.1. The first-order valence-electron chi connectivity index (χ1n) is 9.70. The molecule has 0 spiro atoms. The summed E-state index contributed by atoms with van der Waals surface area (Å²) < 4.78 is 13.4. The third-order valence-corrected chi connectivity index (χ3v) is 5.88. The Morgan fingerprint density at radius 2 is 1.87 bits per heavy atom. The van der Waals surface area contributed by atoms with Gasteiger partial charge in [0.2, 0.25) is 5.91 Å². The molecule has 0 saturated carbocycles. The Hall–Kier alpha value is -3.26. The van der Waals surface area contributed by atoms with E-state index < -0.39 is 0 Å². The van der Waals surface area contributed by atoms with Gasteiger partial charge in [-0.3, -0.25) is 9.20 Å². The maximum absolute atomic E-state index is 12.3. The molecule has 1 N–H and O–H groups in total. The standard InChI is InChI=1S/C22H20N4O3S/c1-14-9-16-10-18-19(29-8-7-28-18)11-17(16)26-21(14)24-25-22(26)30-13-20(27)23-12-15-5-3-2-4-6-15/h2-6,9-11H,7-8,12-13H2,1H3,(H,23,27). The number of nitrogens with zero attached hydrogens (tertiary/aromatic N) is 3. The summed E-state index contributed by atoms with van der Waals surface area (Å²) in [4.78, 5) is 12.3.